The van der Waals surface area contributed by atoms with Crippen molar-refractivity contribution in [2.24, 2.45) is 5.73 Å². The molecule has 1 rings (SSSR count). The first-order valence-electron chi connectivity index (χ1n) is 6.59. The molecule has 0 spiro atoms. The molecule has 0 bridgehead atoms. The van der Waals surface area contributed by atoms with Gasteiger partial charge in [-0.25, -0.2) is 0 Å². The zero-order chi connectivity index (χ0) is 13.8. The number of aliphatic hydroxyl groups excluding tert-OH is 3. The molecule has 5 atom stereocenters. The summed E-state index contributed by atoms with van der Waals surface area (Å²) in [7, 11) is 0. The van der Waals surface area contributed by atoms with Crippen molar-refractivity contribution >= 4 is 0 Å². The predicted molar refractivity (Wildman–Crippen MR) is 65.7 cm³/mol. The van der Waals surface area contributed by atoms with E-state index in [2.05, 4.69) is 6.92 Å². The molecular formula is C12H25NO5. The summed E-state index contributed by atoms with van der Waals surface area (Å²) in [6.45, 7) is 1.61. The molecule has 1 heterocycles. The summed E-state index contributed by atoms with van der Waals surface area (Å²) in [6, 6.07) is -1.07. The summed E-state index contributed by atoms with van der Waals surface area (Å²) in [5.41, 5.74) is 5.71. The number of aliphatic hydroxyl groups is 4. The number of hydrogen-bond acceptors (Lipinski definition) is 6. The minimum atomic E-state index is -1.68. The lowest BCUT2D eigenvalue weighted by Crippen LogP contribution is -2.68. The Morgan fingerprint density at radius 3 is 2.39 bits per heavy atom. The van der Waals surface area contributed by atoms with Crippen LogP contribution in [0.4, 0.5) is 0 Å². The van der Waals surface area contributed by atoms with Gasteiger partial charge in [-0.05, 0) is 6.42 Å². The van der Waals surface area contributed by atoms with Crippen molar-refractivity contribution in [3.05, 3.63) is 0 Å². The van der Waals surface area contributed by atoms with Crippen LogP contribution in [0.2, 0.25) is 0 Å². The maximum absolute atomic E-state index is 10.3. The van der Waals surface area contributed by atoms with Crippen molar-refractivity contribution in [3.63, 3.8) is 0 Å². The van der Waals surface area contributed by atoms with E-state index < -0.39 is 36.7 Å². The topological polar surface area (TPSA) is 116 Å². The zero-order valence-corrected chi connectivity index (χ0v) is 10.8. The van der Waals surface area contributed by atoms with Crippen LogP contribution in [0, 0.1) is 0 Å². The highest BCUT2D eigenvalue weighted by molar-refractivity contribution is 4.98. The molecule has 0 radical (unpaired) electrons. The van der Waals surface area contributed by atoms with Gasteiger partial charge < -0.3 is 30.9 Å². The molecule has 6 nitrogen and oxygen atoms in total. The van der Waals surface area contributed by atoms with Crippen molar-refractivity contribution in [1.82, 2.24) is 0 Å². The third kappa shape index (κ3) is 3.40. The monoisotopic (exact) mass is 263 g/mol. The number of unbranched alkanes of at least 4 members (excludes halogenated alkanes) is 3. The largest absolute Gasteiger partial charge is 0.394 e. The molecule has 18 heavy (non-hydrogen) atoms. The molecule has 0 aromatic carbocycles. The molecule has 0 aromatic heterocycles. The summed E-state index contributed by atoms with van der Waals surface area (Å²) in [4.78, 5) is 0. The van der Waals surface area contributed by atoms with Crippen molar-refractivity contribution in [2.75, 3.05) is 6.61 Å². The fraction of sp³-hybridized carbons (Fsp3) is 1.00. The van der Waals surface area contributed by atoms with E-state index >= 15 is 0 Å². The summed E-state index contributed by atoms with van der Waals surface area (Å²) >= 11 is 0. The Hall–Kier alpha value is -0.240. The van der Waals surface area contributed by atoms with Crippen LogP contribution in [0.3, 0.4) is 0 Å². The van der Waals surface area contributed by atoms with Gasteiger partial charge in [-0.3, -0.25) is 0 Å². The van der Waals surface area contributed by atoms with Gasteiger partial charge in [0.2, 0.25) is 0 Å². The van der Waals surface area contributed by atoms with Crippen LogP contribution in [0.25, 0.3) is 0 Å². The Morgan fingerprint density at radius 1 is 1.17 bits per heavy atom. The minimum Gasteiger partial charge on any atom is -0.394 e. The fourth-order valence-electron chi connectivity index (χ4n) is 2.29. The third-order valence-corrected chi connectivity index (χ3v) is 3.54. The maximum atomic E-state index is 10.3. The van der Waals surface area contributed by atoms with Gasteiger partial charge in [0.1, 0.15) is 18.3 Å². The summed E-state index contributed by atoms with van der Waals surface area (Å²) in [6.07, 6.45) is 0.500. The molecule has 0 amide bonds. The molecule has 1 unspecified atom stereocenters. The van der Waals surface area contributed by atoms with Crippen LogP contribution >= 0.6 is 0 Å². The number of nitrogens with two attached hydrogens (primary N) is 1. The Morgan fingerprint density at radius 2 is 1.83 bits per heavy atom. The lowest BCUT2D eigenvalue weighted by atomic mass is 9.88. The van der Waals surface area contributed by atoms with Gasteiger partial charge in [0.15, 0.2) is 5.79 Å². The molecule has 1 saturated heterocycles. The van der Waals surface area contributed by atoms with Crippen molar-refractivity contribution < 1.29 is 25.2 Å². The Balaban J connectivity index is 2.60. The third-order valence-electron chi connectivity index (χ3n) is 3.54. The van der Waals surface area contributed by atoms with Gasteiger partial charge in [-0.15, -0.1) is 0 Å². The lowest BCUT2D eigenvalue weighted by Gasteiger charge is -2.46. The van der Waals surface area contributed by atoms with Crippen molar-refractivity contribution in [3.8, 4) is 0 Å². The Bertz CT molecular complexity index is 251. The van der Waals surface area contributed by atoms with Gasteiger partial charge in [0.05, 0.1) is 12.6 Å². The molecule has 6 N–H and O–H groups in total. The smallest absolute Gasteiger partial charge is 0.184 e. The Kier molecular flexibility index (Phi) is 5.97. The van der Waals surface area contributed by atoms with Gasteiger partial charge in [0.25, 0.3) is 0 Å². The van der Waals surface area contributed by atoms with Gasteiger partial charge in [-0.1, -0.05) is 26.2 Å². The number of hydrogen-bond donors (Lipinski definition) is 5. The van der Waals surface area contributed by atoms with E-state index in [1.807, 2.05) is 0 Å². The van der Waals surface area contributed by atoms with Crippen LogP contribution in [0.15, 0.2) is 0 Å². The lowest BCUT2D eigenvalue weighted by molar-refractivity contribution is -0.316. The van der Waals surface area contributed by atoms with Gasteiger partial charge in [0, 0.05) is 6.42 Å². The molecule has 6 heteroatoms. The van der Waals surface area contributed by atoms with Crippen molar-refractivity contribution in [2.45, 2.75) is 69.2 Å². The summed E-state index contributed by atoms with van der Waals surface area (Å²) in [5.74, 6) is -1.68. The molecule has 0 aromatic rings. The molecule has 1 aliphatic rings. The van der Waals surface area contributed by atoms with E-state index in [9.17, 15) is 15.3 Å². The highest BCUT2D eigenvalue weighted by Crippen LogP contribution is 2.31. The standard InChI is InChI=1S/C12H25NO5/c1-2-3-4-5-6-12(17)11(13)10(16)9(15)8(7-14)18-12/h8-11,14-17H,2-7,13H2,1H3/t8-,9-,10+,11-,12?/m1/s1. The molecule has 1 aliphatic heterocycles. The second kappa shape index (κ2) is 6.79. The normalized spacial score (nSPS) is 41.0. The molecule has 0 aliphatic carbocycles. The van der Waals surface area contributed by atoms with Crippen molar-refractivity contribution in [1.29, 1.82) is 0 Å². The quantitative estimate of drug-likeness (QED) is 0.396. The molecule has 1 fully saturated rings. The molecule has 0 saturated carbocycles. The first-order valence-corrected chi connectivity index (χ1v) is 6.59. The average Bonchev–Trinajstić information content (AvgIpc) is 2.37. The van der Waals surface area contributed by atoms with Gasteiger partial charge >= 0.3 is 0 Å². The number of rotatable bonds is 6. The predicted octanol–water partition coefficient (Wildman–Crippen LogP) is -0.914. The van der Waals surface area contributed by atoms with E-state index in [0.29, 0.717) is 0 Å². The van der Waals surface area contributed by atoms with Crippen LogP contribution in [-0.2, 0) is 4.74 Å². The van der Waals surface area contributed by atoms with Crippen LogP contribution in [0.1, 0.15) is 39.0 Å². The minimum absolute atomic E-state index is 0.286. The Labute approximate surface area is 107 Å². The SMILES string of the molecule is CCCCCCC1(O)O[C@H](CO)[C@@H](O)[C@H](O)[C@H]1N. The van der Waals surface area contributed by atoms with Crippen LogP contribution in [0.5, 0.6) is 0 Å². The molecule has 108 valence electrons. The second-order valence-corrected chi connectivity index (χ2v) is 5.00. The van der Waals surface area contributed by atoms with Crippen LogP contribution in [-0.4, -0.2) is 57.2 Å². The van der Waals surface area contributed by atoms with E-state index in [0.717, 1.165) is 25.7 Å². The van der Waals surface area contributed by atoms with E-state index in [4.69, 9.17) is 15.6 Å². The zero-order valence-electron chi connectivity index (χ0n) is 10.8. The number of ether oxygens (including phenoxy) is 1. The second-order valence-electron chi connectivity index (χ2n) is 5.00. The molecular weight excluding hydrogens is 238 g/mol. The van der Waals surface area contributed by atoms with Gasteiger partial charge in [-0.2, -0.15) is 0 Å². The summed E-state index contributed by atoms with van der Waals surface area (Å²) in [5, 5.41) is 38.7. The highest BCUT2D eigenvalue weighted by atomic mass is 16.6. The van der Waals surface area contributed by atoms with Crippen LogP contribution < -0.4 is 5.73 Å². The fourth-order valence-corrected chi connectivity index (χ4v) is 2.29. The highest BCUT2D eigenvalue weighted by Gasteiger charge is 2.50. The maximum Gasteiger partial charge on any atom is 0.184 e. The van der Waals surface area contributed by atoms with E-state index in [1.165, 1.54) is 0 Å². The summed E-state index contributed by atoms with van der Waals surface area (Å²) < 4.78 is 5.27. The van der Waals surface area contributed by atoms with E-state index in [-0.39, 0.29) is 6.42 Å². The van der Waals surface area contributed by atoms with E-state index in [1.54, 1.807) is 0 Å². The first kappa shape index (κ1) is 15.8. The average molecular weight is 263 g/mol. The first-order chi connectivity index (χ1) is 8.46.